The van der Waals surface area contributed by atoms with Gasteiger partial charge in [-0.05, 0) is 43.3 Å². The van der Waals surface area contributed by atoms with Crippen molar-refractivity contribution in [3.63, 3.8) is 0 Å². The van der Waals surface area contributed by atoms with Gasteiger partial charge in [0, 0.05) is 5.56 Å². The van der Waals surface area contributed by atoms with E-state index in [-0.39, 0.29) is 5.75 Å². The van der Waals surface area contributed by atoms with Gasteiger partial charge in [0.25, 0.3) is 0 Å². The number of hydrogen-bond acceptors (Lipinski definition) is 6. The minimum atomic E-state index is -0.527. The maximum atomic E-state index is 10.00. The fourth-order valence-corrected chi connectivity index (χ4v) is 3.14. The maximum Gasteiger partial charge on any atom is 0.162 e. The number of para-hydroxylation sites is 4. The number of ether oxygens (including phenoxy) is 5. The largest absolute Gasteiger partial charge is 0.504 e. The molecular weight excluding hydrogens is 384 g/mol. The number of aromatic hydroxyl groups is 1. The van der Waals surface area contributed by atoms with Crippen LogP contribution in [0, 0.1) is 0 Å². The van der Waals surface area contributed by atoms with Crippen LogP contribution in [0.4, 0.5) is 0 Å². The summed E-state index contributed by atoms with van der Waals surface area (Å²) in [4.78, 5) is 0. The van der Waals surface area contributed by atoms with Crippen molar-refractivity contribution < 1.29 is 28.8 Å². The Kier molecular flexibility index (Phi) is 6.91. The first-order valence-electron chi connectivity index (χ1n) is 9.53. The number of benzene rings is 3. The van der Waals surface area contributed by atoms with Gasteiger partial charge < -0.3 is 28.8 Å². The zero-order chi connectivity index (χ0) is 21.5. The lowest BCUT2D eigenvalue weighted by Gasteiger charge is -2.28. The standard InChI is InChI=1S/C24H26O6/c1-16(29-21-11-7-5-9-19(21)26-2)24(17-13-14-18(25)23(15-17)28-4)30-22-12-8-6-10-20(22)27-3/h5-16,24-25H,1-4H3. The van der Waals surface area contributed by atoms with Gasteiger partial charge in [0.1, 0.15) is 6.10 Å². The molecule has 3 aromatic rings. The third-order valence-electron chi connectivity index (χ3n) is 4.66. The van der Waals surface area contributed by atoms with E-state index in [1.807, 2.05) is 55.5 Å². The molecule has 1 N–H and O–H groups in total. The summed E-state index contributed by atoms with van der Waals surface area (Å²) in [6.07, 6.45) is -0.943. The molecule has 6 heteroatoms. The van der Waals surface area contributed by atoms with Gasteiger partial charge in [-0.2, -0.15) is 0 Å². The third-order valence-corrected chi connectivity index (χ3v) is 4.66. The molecule has 0 bridgehead atoms. The van der Waals surface area contributed by atoms with E-state index in [9.17, 15) is 5.11 Å². The number of phenolic OH excluding ortho intramolecular Hbond substituents is 1. The zero-order valence-electron chi connectivity index (χ0n) is 17.5. The average Bonchev–Trinajstić information content (AvgIpc) is 2.78. The van der Waals surface area contributed by atoms with E-state index >= 15 is 0 Å². The molecule has 158 valence electrons. The van der Waals surface area contributed by atoms with E-state index < -0.39 is 12.2 Å². The lowest BCUT2D eigenvalue weighted by molar-refractivity contribution is 0.0611. The Morgan fingerprint density at radius 1 is 0.633 bits per heavy atom. The lowest BCUT2D eigenvalue weighted by Crippen LogP contribution is -2.27. The Morgan fingerprint density at radius 2 is 1.13 bits per heavy atom. The topological polar surface area (TPSA) is 66.4 Å². The van der Waals surface area contributed by atoms with Crippen LogP contribution in [-0.4, -0.2) is 32.5 Å². The second-order valence-electron chi connectivity index (χ2n) is 6.59. The molecule has 2 atom stereocenters. The highest BCUT2D eigenvalue weighted by atomic mass is 16.6. The molecule has 0 heterocycles. The molecule has 0 aromatic heterocycles. The first-order valence-corrected chi connectivity index (χ1v) is 9.53. The van der Waals surface area contributed by atoms with E-state index in [0.29, 0.717) is 28.7 Å². The average molecular weight is 410 g/mol. The number of hydrogen-bond donors (Lipinski definition) is 1. The summed E-state index contributed by atoms with van der Waals surface area (Å²) in [5.41, 5.74) is 0.776. The summed E-state index contributed by atoms with van der Waals surface area (Å²) < 4.78 is 28.7. The molecular formula is C24H26O6. The minimum Gasteiger partial charge on any atom is -0.504 e. The van der Waals surface area contributed by atoms with Crippen LogP contribution in [-0.2, 0) is 0 Å². The molecule has 0 aliphatic heterocycles. The van der Waals surface area contributed by atoms with Gasteiger partial charge in [-0.15, -0.1) is 0 Å². The summed E-state index contributed by atoms with van der Waals surface area (Å²) >= 11 is 0. The van der Waals surface area contributed by atoms with Gasteiger partial charge >= 0.3 is 0 Å². The van der Waals surface area contributed by atoms with E-state index in [0.717, 1.165) is 5.56 Å². The van der Waals surface area contributed by atoms with Crippen LogP contribution < -0.4 is 23.7 Å². The van der Waals surface area contributed by atoms with Crippen LogP contribution in [0.1, 0.15) is 18.6 Å². The van der Waals surface area contributed by atoms with Crippen LogP contribution >= 0.6 is 0 Å². The summed E-state index contributed by atoms with van der Waals surface area (Å²) in [6, 6.07) is 19.9. The van der Waals surface area contributed by atoms with Crippen molar-refractivity contribution in [2.45, 2.75) is 19.1 Å². The smallest absolute Gasteiger partial charge is 0.162 e. The van der Waals surface area contributed by atoms with Crippen LogP contribution in [0.25, 0.3) is 0 Å². The first-order chi connectivity index (χ1) is 14.6. The van der Waals surface area contributed by atoms with Crippen LogP contribution in [0.2, 0.25) is 0 Å². The predicted octanol–water partition coefficient (Wildman–Crippen LogP) is 5.01. The molecule has 3 aromatic carbocycles. The molecule has 0 fully saturated rings. The summed E-state index contributed by atoms with van der Waals surface area (Å²) in [5, 5.41) is 10.00. The fourth-order valence-electron chi connectivity index (χ4n) is 3.14. The van der Waals surface area contributed by atoms with E-state index in [1.165, 1.54) is 7.11 Å². The van der Waals surface area contributed by atoms with E-state index in [1.54, 1.807) is 32.4 Å². The van der Waals surface area contributed by atoms with Gasteiger partial charge in [0.05, 0.1) is 21.3 Å². The predicted molar refractivity (Wildman–Crippen MR) is 114 cm³/mol. The molecule has 0 aliphatic carbocycles. The number of methoxy groups -OCH3 is 3. The molecule has 0 amide bonds. The van der Waals surface area contributed by atoms with Gasteiger partial charge in [-0.25, -0.2) is 0 Å². The number of rotatable bonds is 9. The number of phenols is 1. The minimum absolute atomic E-state index is 0.0515. The SMILES string of the molecule is COc1cc(C(Oc2ccccc2OC)C(C)Oc2ccccc2OC)ccc1O. The normalized spacial score (nSPS) is 12.5. The van der Waals surface area contributed by atoms with Crippen molar-refractivity contribution in [3.8, 4) is 34.5 Å². The van der Waals surface area contributed by atoms with E-state index in [4.69, 9.17) is 23.7 Å². The second-order valence-corrected chi connectivity index (χ2v) is 6.59. The van der Waals surface area contributed by atoms with Gasteiger partial charge in [-0.1, -0.05) is 30.3 Å². The van der Waals surface area contributed by atoms with E-state index in [2.05, 4.69) is 0 Å². The quantitative estimate of drug-likeness (QED) is 0.535. The van der Waals surface area contributed by atoms with Crippen LogP contribution in [0.5, 0.6) is 34.5 Å². The maximum absolute atomic E-state index is 10.00. The van der Waals surface area contributed by atoms with Crippen LogP contribution in [0.3, 0.4) is 0 Å². The lowest BCUT2D eigenvalue weighted by atomic mass is 10.0. The molecule has 0 spiro atoms. The Morgan fingerprint density at radius 3 is 1.67 bits per heavy atom. The van der Waals surface area contributed by atoms with Gasteiger partial charge in [-0.3, -0.25) is 0 Å². The Bertz CT molecular complexity index is 971. The van der Waals surface area contributed by atoms with Crippen molar-refractivity contribution in [1.82, 2.24) is 0 Å². The highest BCUT2D eigenvalue weighted by molar-refractivity contribution is 5.45. The Hall–Kier alpha value is -3.54. The summed E-state index contributed by atoms with van der Waals surface area (Å²) in [5.74, 6) is 2.82. The van der Waals surface area contributed by atoms with Crippen molar-refractivity contribution in [2.24, 2.45) is 0 Å². The van der Waals surface area contributed by atoms with Gasteiger partial charge in [0.2, 0.25) is 0 Å². The molecule has 0 radical (unpaired) electrons. The molecule has 3 rings (SSSR count). The Labute approximate surface area is 176 Å². The van der Waals surface area contributed by atoms with Crippen molar-refractivity contribution in [1.29, 1.82) is 0 Å². The zero-order valence-corrected chi connectivity index (χ0v) is 17.5. The van der Waals surface area contributed by atoms with Crippen molar-refractivity contribution in [3.05, 3.63) is 72.3 Å². The molecule has 0 aliphatic rings. The van der Waals surface area contributed by atoms with Crippen molar-refractivity contribution in [2.75, 3.05) is 21.3 Å². The monoisotopic (exact) mass is 410 g/mol. The molecule has 0 saturated carbocycles. The highest BCUT2D eigenvalue weighted by Crippen LogP contribution is 2.37. The summed E-state index contributed by atoms with van der Waals surface area (Å²) in [7, 11) is 4.69. The Balaban J connectivity index is 1.98. The second kappa shape index (κ2) is 9.78. The molecule has 6 nitrogen and oxygen atoms in total. The third kappa shape index (κ3) is 4.71. The molecule has 2 unspecified atom stereocenters. The first kappa shape index (κ1) is 21.2. The molecule has 30 heavy (non-hydrogen) atoms. The van der Waals surface area contributed by atoms with Gasteiger partial charge in [0.15, 0.2) is 40.6 Å². The fraction of sp³-hybridized carbons (Fsp3) is 0.250. The van der Waals surface area contributed by atoms with Crippen LogP contribution in [0.15, 0.2) is 66.7 Å². The van der Waals surface area contributed by atoms with Crippen molar-refractivity contribution >= 4 is 0 Å². The summed E-state index contributed by atoms with van der Waals surface area (Å²) in [6.45, 7) is 1.91. The molecule has 0 saturated heterocycles. The highest BCUT2D eigenvalue weighted by Gasteiger charge is 2.26.